The fraction of sp³-hybridized carbons (Fsp3) is 0.250. The Hall–Kier alpha value is -1.51. The van der Waals surface area contributed by atoms with Crippen molar-refractivity contribution in [2.24, 2.45) is 0 Å². The number of benzene rings is 1. The Balaban J connectivity index is 0.000000255. The number of nitriles is 1. The van der Waals surface area contributed by atoms with Gasteiger partial charge in [-0.2, -0.15) is 5.26 Å². The lowest BCUT2D eigenvalue weighted by Gasteiger charge is -2.00. The first-order chi connectivity index (χ1) is 6.49. The predicted octanol–water partition coefficient (Wildman–Crippen LogP) is 3.06. The summed E-state index contributed by atoms with van der Waals surface area (Å²) in [5.74, 6) is 0. The van der Waals surface area contributed by atoms with E-state index in [2.05, 4.69) is 25.2 Å². The number of nitrogens with zero attached hydrogens (tertiary/aromatic N) is 1. The monoisotopic (exact) mass is 201 g/mol. The average Bonchev–Trinajstić information content (AvgIpc) is 2.19. The minimum atomic E-state index is -1.10. The summed E-state index contributed by atoms with van der Waals surface area (Å²) in [5.41, 5.74) is 3.46. The molecule has 0 unspecified atom stereocenters. The molecule has 2 heteroatoms. The molecule has 1 aromatic rings. The van der Waals surface area contributed by atoms with Crippen LogP contribution in [-0.4, -0.2) is 8.07 Å². The van der Waals surface area contributed by atoms with E-state index in [-0.39, 0.29) is 0 Å². The Labute approximate surface area is 87.4 Å². The van der Waals surface area contributed by atoms with E-state index in [0.717, 1.165) is 0 Å². The van der Waals surface area contributed by atoms with Crippen LogP contribution in [0, 0.1) is 23.3 Å². The number of rotatable bonds is 0. The van der Waals surface area contributed by atoms with Crippen molar-refractivity contribution in [3.8, 4) is 18.0 Å². The zero-order valence-electron chi connectivity index (χ0n) is 8.91. The second kappa shape index (κ2) is 6.02. The van der Waals surface area contributed by atoms with Crippen molar-refractivity contribution in [1.29, 1.82) is 5.26 Å². The summed E-state index contributed by atoms with van der Waals surface area (Å²) in [7, 11) is -1.10. The lowest BCUT2D eigenvalue weighted by atomic mass is 10.2. The minimum absolute atomic E-state index is 0.715. The van der Waals surface area contributed by atoms with Crippen LogP contribution in [0.25, 0.3) is 0 Å². The molecular formula is C12H15NSi. The first-order valence-corrected chi connectivity index (χ1v) is 7.92. The summed E-state index contributed by atoms with van der Waals surface area (Å²) >= 11 is 0. The van der Waals surface area contributed by atoms with Crippen molar-refractivity contribution in [2.45, 2.75) is 19.6 Å². The smallest absolute Gasteiger partial charge is 0.128 e. The van der Waals surface area contributed by atoms with Gasteiger partial charge in [0.05, 0.1) is 11.6 Å². The van der Waals surface area contributed by atoms with Crippen molar-refractivity contribution in [3.63, 3.8) is 0 Å². The Kier molecular flexibility index (Phi) is 5.37. The first kappa shape index (κ1) is 12.5. The van der Waals surface area contributed by atoms with Gasteiger partial charge in [0.25, 0.3) is 0 Å². The average molecular weight is 201 g/mol. The highest BCUT2D eigenvalue weighted by molar-refractivity contribution is 6.83. The van der Waals surface area contributed by atoms with Gasteiger partial charge in [0, 0.05) is 0 Å². The van der Waals surface area contributed by atoms with Gasteiger partial charge < -0.3 is 0 Å². The van der Waals surface area contributed by atoms with E-state index < -0.39 is 8.07 Å². The fourth-order valence-corrected chi connectivity index (χ4v) is 0.513. The molecule has 1 aromatic carbocycles. The van der Waals surface area contributed by atoms with Crippen LogP contribution in [0.1, 0.15) is 5.56 Å². The van der Waals surface area contributed by atoms with Crippen LogP contribution >= 0.6 is 0 Å². The number of hydrogen-bond acceptors (Lipinski definition) is 1. The first-order valence-electron chi connectivity index (χ1n) is 4.42. The van der Waals surface area contributed by atoms with Crippen molar-refractivity contribution >= 4 is 8.07 Å². The molecule has 1 rings (SSSR count). The Morgan fingerprint density at radius 1 is 1.14 bits per heavy atom. The summed E-state index contributed by atoms with van der Waals surface area (Å²) in [6.07, 6.45) is 5.12. The van der Waals surface area contributed by atoms with Gasteiger partial charge in [0.2, 0.25) is 0 Å². The second-order valence-corrected chi connectivity index (χ2v) is 8.66. The largest absolute Gasteiger partial charge is 0.192 e. The molecule has 72 valence electrons. The molecule has 0 aromatic heterocycles. The van der Waals surface area contributed by atoms with Gasteiger partial charge in [0.1, 0.15) is 8.07 Å². The van der Waals surface area contributed by atoms with E-state index in [1.807, 2.05) is 24.3 Å². The molecule has 0 bridgehead atoms. The van der Waals surface area contributed by atoms with Crippen LogP contribution in [0.4, 0.5) is 0 Å². The second-order valence-electron chi connectivity index (χ2n) is 3.87. The maximum Gasteiger partial charge on any atom is 0.128 e. The van der Waals surface area contributed by atoms with Gasteiger partial charge in [-0.25, -0.2) is 0 Å². The van der Waals surface area contributed by atoms with E-state index in [4.69, 9.17) is 11.7 Å². The van der Waals surface area contributed by atoms with Gasteiger partial charge in [-0.15, -0.1) is 12.0 Å². The van der Waals surface area contributed by atoms with Crippen molar-refractivity contribution in [2.75, 3.05) is 0 Å². The highest BCUT2D eigenvalue weighted by Gasteiger charge is 2.05. The Morgan fingerprint density at radius 3 is 1.79 bits per heavy atom. The molecule has 0 aliphatic carbocycles. The molecule has 0 heterocycles. The number of hydrogen-bond donors (Lipinski definition) is 0. The molecule has 0 saturated heterocycles. The summed E-state index contributed by atoms with van der Waals surface area (Å²) in [5, 5.41) is 8.29. The molecule has 14 heavy (non-hydrogen) atoms. The minimum Gasteiger partial charge on any atom is -0.192 e. The summed E-state index contributed by atoms with van der Waals surface area (Å²) in [4.78, 5) is 0. The maximum atomic E-state index is 8.29. The molecule has 0 aliphatic rings. The molecule has 0 atom stereocenters. The highest BCUT2D eigenvalue weighted by Crippen LogP contribution is 1.94. The van der Waals surface area contributed by atoms with Crippen LogP contribution in [0.15, 0.2) is 30.3 Å². The molecule has 0 saturated carbocycles. The quantitative estimate of drug-likeness (QED) is 0.467. The Morgan fingerprint density at radius 2 is 1.57 bits per heavy atom. The summed E-state index contributed by atoms with van der Waals surface area (Å²) in [6.45, 7) is 6.44. The van der Waals surface area contributed by atoms with Crippen molar-refractivity contribution in [1.82, 2.24) is 0 Å². The van der Waals surface area contributed by atoms with E-state index in [9.17, 15) is 0 Å². The van der Waals surface area contributed by atoms with Crippen molar-refractivity contribution < 1.29 is 0 Å². The van der Waals surface area contributed by atoms with Gasteiger partial charge >= 0.3 is 0 Å². The van der Waals surface area contributed by atoms with Gasteiger partial charge in [-0.1, -0.05) is 37.8 Å². The molecule has 0 N–H and O–H groups in total. The molecule has 0 amide bonds. The van der Waals surface area contributed by atoms with Gasteiger partial charge in [-0.05, 0) is 12.1 Å². The topological polar surface area (TPSA) is 23.8 Å². The number of terminal acetylenes is 1. The summed E-state index contributed by atoms with van der Waals surface area (Å²) < 4.78 is 0. The van der Waals surface area contributed by atoms with Crippen molar-refractivity contribution in [3.05, 3.63) is 35.9 Å². The Bertz CT molecular complexity index is 335. The highest BCUT2D eigenvalue weighted by atomic mass is 28.3. The maximum absolute atomic E-state index is 8.29. The van der Waals surface area contributed by atoms with Crippen LogP contribution in [-0.2, 0) is 0 Å². The zero-order valence-corrected chi connectivity index (χ0v) is 9.91. The van der Waals surface area contributed by atoms with Crippen LogP contribution in [0.3, 0.4) is 0 Å². The molecule has 0 fully saturated rings. The standard InChI is InChI=1S/C7H5N.C5H10Si/c8-6-7-4-2-1-3-5-7;1-5-6(2,3)4/h1-5H;1H,2-4H3. The third kappa shape index (κ3) is 7.15. The lowest BCUT2D eigenvalue weighted by Crippen LogP contribution is -2.15. The third-order valence-electron chi connectivity index (χ3n) is 1.34. The summed E-state index contributed by atoms with van der Waals surface area (Å²) in [6, 6.07) is 11.2. The zero-order chi connectivity index (χ0) is 11.0. The molecular weight excluding hydrogens is 186 g/mol. The van der Waals surface area contributed by atoms with Crippen LogP contribution in [0.5, 0.6) is 0 Å². The van der Waals surface area contributed by atoms with Crippen LogP contribution in [0.2, 0.25) is 19.6 Å². The van der Waals surface area contributed by atoms with E-state index in [0.29, 0.717) is 5.56 Å². The molecule has 1 nitrogen and oxygen atoms in total. The van der Waals surface area contributed by atoms with Gasteiger partial charge in [-0.3, -0.25) is 0 Å². The molecule has 0 aliphatic heterocycles. The third-order valence-corrected chi connectivity index (χ3v) is 2.20. The molecule has 0 radical (unpaired) electrons. The lowest BCUT2D eigenvalue weighted by molar-refractivity contribution is 1.49. The van der Waals surface area contributed by atoms with E-state index in [1.165, 1.54) is 0 Å². The van der Waals surface area contributed by atoms with E-state index >= 15 is 0 Å². The predicted molar refractivity (Wildman–Crippen MR) is 63.3 cm³/mol. The SMILES string of the molecule is C#C[Si](C)(C)C.N#Cc1ccccc1. The van der Waals surface area contributed by atoms with Crippen LogP contribution < -0.4 is 0 Å². The van der Waals surface area contributed by atoms with E-state index in [1.54, 1.807) is 12.1 Å². The van der Waals surface area contributed by atoms with Gasteiger partial charge in [0.15, 0.2) is 0 Å². The normalized spacial score (nSPS) is 8.93. The fourth-order valence-electron chi connectivity index (χ4n) is 0.513. The molecule has 0 spiro atoms.